The molecule has 4 aromatic rings. The molecule has 2 aromatic heterocycles. The second-order valence-corrected chi connectivity index (χ2v) is 6.04. The van der Waals surface area contributed by atoms with Gasteiger partial charge in [0.15, 0.2) is 11.5 Å². The van der Waals surface area contributed by atoms with Crippen LogP contribution < -0.4 is 0 Å². The molecule has 0 saturated carbocycles. The van der Waals surface area contributed by atoms with Gasteiger partial charge in [0.2, 0.25) is 0 Å². The zero-order valence-corrected chi connectivity index (χ0v) is 14.4. The Morgan fingerprint density at radius 1 is 1.12 bits per heavy atom. The van der Waals surface area contributed by atoms with Gasteiger partial charge in [0.25, 0.3) is 0 Å². The lowest BCUT2D eigenvalue weighted by Gasteiger charge is -2.06. The number of nitrogens with zero attached hydrogens (tertiary/aromatic N) is 3. The van der Waals surface area contributed by atoms with Gasteiger partial charge in [-0.2, -0.15) is 10.4 Å². The minimum atomic E-state index is -0.258. The van der Waals surface area contributed by atoms with E-state index in [-0.39, 0.29) is 17.0 Å². The molecule has 26 heavy (non-hydrogen) atoms. The Balaban J connectivity index is 2.10. The molecule has 0 unspecified atom stereocenters. The first kappa shape index (κ1) is 15.9. The Morgan fingerprint density at radius 2 is 1.81 bits per heavy atom. The number of para-hydroxylation sites is 2. The van der Waals surface area contributed by atoms with Gasteiger partial charge in [-0.3, -0.25) is 4.79 Å². The van der Waals surface area contributed by atoms with E-state index in [9.17, 15) is 10.1 Å². The van der Waals surface area contributed by atoms with Gasteiger partial charge in [0.1, 0.15) is 28.6 Å². The average Bonchev–Trinajstić information content (AvgIpc) is 3.20. The molecule has 4 rings (SSSR count). The van der Waals surface area contributed by atoms with Crippen LogP contribution in [0.15, 0.2) is 59.0 Å². The monoisotopic (exact) mass is 341 g/mol. The molecule has 0 saturated heterocycles. The van der Waals surface area contributed by atoms with Crippen LogP contribution >= 0.6 is 0 Å². The van der Waals surface area contributed by atoms with E-state index in [1.165, 1.54) is 6.92 Å². The molecular formula is C21H15N3O2. The van der Waals surface area contributed by atoms with Crippen molar-refractivity contribution in [2.75, 3.05) is 0 Å². The van der Waals surface area contributed by atoms with Crippen molar-refractivity contribution in [3.63, 3.8) is 0 Å². The highest BCUT2D eigenvalue weighted by Crippen LogP contribution is 2.36. The predicted octanol–water partition coefficient (Wildman–Crippen LogP) is 4.67. The Bertz CT molecular complexity index is 1180. The molecule has 0 N–H and O–H groups in total. The Labute approximate surface area is 150 Å². The highest BCUT2D eigenvalue weighted by molar-refractivity contribution is 5.98. The van der Waals surface area contributed by atoms with Gasteiger partial charge in [-0.05, 0) is 25.1 Å². The number of hydrogen-bond donors (Lipinski definition) is 0. The Kier molecular flexibility index (Phi) is 3.67. The van der Waals surface area contributed by atoms with E-state index in [1.807, 2.05) is 61.5 Å². The van der Waals surface area contributed by atoms with Crippen molar-refractivity contribution in [3.05, 3.63) is 71.4 Å². The number of carbonyl (C=O) groups excluding carboxylic acids is 1. The zero-order chi connectivity index (χ0) is 18.3. The lowest BCUT2D eigenvalue weighted by atomic mass is 10.1. The number of aromatic nitrogens is 2. The number of nitriles is 1. The summed E-state index contributed by atoms with van der Waals surface area (Å²) in [6.07, 6.45) is 0. The summed E-state index contributed by atoms with van der Waals surface area (Å²) in [5.74, 6) is 0.290. The number of furan rings is 1. The van der Waals surface area contributed by atoms with Gasteiger partial charge in [-0.25, -0.2) is 4.68 Å². The third-order valence-electron chi connectivity index (χ3n) is 4.39. The molecule has 0 spiro atoms. The molecule has 0 aliphatic rings. The number of aryl methyl sites for hydroxylation is 1. The molecule has 5 heteroatoms. The first-order chi connectivity index (χ1) is 12.6. The van der Waals surface area contributed by atoms with Gasteiger partial charge in [0, 0.05) is 17.9 Å². The van der Waals surface area contributed by atoms with Gasteiger partial charge in [-0.15, -0.1) is 0 Å². The summed E-state index contributed by atoms with van der Waals surface area (Å²) in [5.41, 5.74) is 3.26. The van der Waals surface area contributed by atoms with E-state index >= 15 is 0 Å². The van der Waals surface area contributed by atoms with Gasteiger partial charge in [0.05, 0.1) is 5.69 Å². The van der Waals surface area contributed by atoms with E-state index < -0.39 is 0 Å². The highest BCUT2D eigenvalue weighted by Gasteiger charge is 2.27. The van der Waals surface area contributed by atoms with Crippen LogP contribution in [0, 0.1) is 18.3 Å². The van der Waals surface area contributed by atoms with Crippen LogP contribution in [0.5, 0.6) is 0 Å². The van der Waals surface area contributed by atoms with E-state index in [0.717, 1.165) is 22.2 Å². The van der Waals surface area contributed by atoms with Crippen LogP contribution in [0.1, 0.15) is 28.5 Å². The molecular weight excluding hydrogens is 326 g/mol. The summed E-state index contributed by atoms with van der Waals surface area (Å²) < 4.78 is 7.67. The van der Waals surface area contributed by atoms with Crippen molar-refractivity contribution >= 4 is 16.8 Å². The zero-order valence-electron chi connectivity index (χ0n) is 14.4. The fourth-order valence-corrected chi connectivity index (χ4v) is 3.14. The minimum Gasteiger partial charge on any atom is -0.454 e. The molecule has 0 fully saturated rings. The maximum Gasteiger partial charge on any atom is 0.181 e. The lowest BCUT2D eigenvalue weighted by Crippen LogP contribution is -2.00. The second-order valence-electron chi connectivity index (χ2n) is 6.04. The van der Waals surface area contributed by atoms with Gasteiger partial charge in [-0.1, -0.05) is 36.4 Å². The standard InChI is InChI=1S/C21H15N3O2/c1-13-16-10-6-7-11-18(16)26-21(13)20-17(12-22)19(14(2)25)23-24(20)15-8-4-3-5-9-15/h3-11H,1-2H3. The van der Waals surface area contributed by atoms with Crippen molar-refractivity contribution in [1.29, 1.82) is 5.26 Å². The van der Waals surface area contributed by atoms with E-state index in [0.29, 0.717) is 11.5 Å². The molecule has 0 aliphatic heterocycles. The molecule has 0 amide bonds. The Morgan fingerprint density at radius 3 is 2.46 bits per heavy atom. The normalized spacial score (nSPS) is 10.8. The molecule has 126 valence electrons. The quantitative estimate of drug-likeness (QED) is 0.508. The van der Waals surface area contributed by atoms with Crippen molar-refractivity contribution in [1.82, 2.24) is 9.78 Å². The van der Waals surface area contributed by atoms with Crippen molar-refractivity contribution < 1.29 is 9.21 Å². The molecule has 2 heterocycles. The van der Waals surface area contributed by atoms with E-state index in [4.69, 9.17) is 4.42 Å². The van der Waals surface area contributed by atoms with E-state index in [1.54, 1.807) is 4.68 Å². The lowest BCUT2D eigenvalue weighted by molar-refractivity contribution is 0.101. The topological polar surface area (TPSA) is 71.8 Å². The summed E-state index contributed by atoms with van der Waals surface area (Å²) in [7, 11) is 0. The minimum absolute atomic E-state index is 0.145. The summed E-state index contributed by atoms with van der Waals surface area (Å²) in [6, 6.07) is 19.2. The molecule has 5 nitrogen and oxygen atoms in total. The first-order valence-corrected chi connectivity index (χ1v) is 8.19. The third kappa shape index (κ3) is 2.32. The number of Topliss-reactive ketones (excluding diaryl/α,β-unsaturated/α-hetero) is 1. The molecule has 2 aromatic carbocycles. The van der Waals surface area contributed by atoms with Crippen LogP contribution in [0.4, 0.5) is 0 Å². The number of benzene rings is 2. The SMILES string of the molecule is CC(=O)c1nn(-c2ccccc2)c(-c2oc3ccccc3c2C)c1C#N. The first-order valence-electron chi connectivity index (χ1n) is 8.19. The second kappa shape index (κ2) is 6.01. The van der Waals surface area contributed by atoms with Crippen LogP contribution in [0.3, 0.4) is 0 Å². The fourth-order valence-electron chi connectivity index (χ4n) is 3.14. The van der Waals surface area contributed by atoms with E-state index in [2.05, 4.69) is 11.2 Å². The highest BCUT2D eigenvalue weighted by atomic mass is 16.3. The summed E-state index contributed by atoms with van der Waals surface area (Å²) in [4.78, 5) is 12.1. The number of ketones is 1. The maximum atomic E-state index is 12.1. The largest absolute Gasteiger partial charge is 0.454 e. The maximum absolute atomic E-state index is 12.1. The Hall–Kier alpha value is -3.65. The molecule has 0 bridgehead atoms. The third-order valence-corrected chi connectivity index (χ3v) is 4.39. The molecule has 0 aliphatic carbocycles. The van der Waals surface area contributed by atoms with Crippen molar-refractivity contribution in [2.45, 2.75) is 13.8 Å². The predicted molar refractivity (Wildman–Crippen MR) is 98.2 cm³/mol. The van der Waals surface area contributed by atoms with Crippen LogP contribution in [-0.2, 0) is 0 Å². The number of fused-ring (bicyclic) bond motifs is 1. The summed E-state index contributed by atoms with van der Waals surface area (Å²) >= 11 is 0. The fraction of sp³-hybridized carbons (Fsp3) is 0.0952. The average molecular weight is 341 g/mol. The van der Waals surface area contributed by atoms with Crippen molar-refractivity contribution in [3.8, 4) is 23.2 Å². The summed E-state index contributed by atoms with van der Waals surface area (Å²) in [6.45, 7) is 3.35. The van der Waals surface area contributed by atoms with Crippen molar-refractivity contribution in [2.24, 2.45) is 0 Å². The van der Waals surface area contributed by atoms with Crippen LogP contribution in [-0.4, -0.2) is 15.6 Å². The number of rotatable bonds is 3. The van der Waals surface area contributed by atoms with Gasteiger partial charge >= 0.3 is 0 Å². The summed E-state index contributed by atoms with van der Waals surface area (Å²) in [5, 5.41) is 15.1. The number of carbonyl (C=O) groups is 1. The smallest absolute Gasteiger partial charge is 0.181 e. The number of hydrogen-bond acceptors (Lipinski definition) is 4. The molecule has 0 radical (unpaired) electrons. The van der Waals surface area contributed by atoms with Crippen LogP contribution in [0.25, 0.3) is 28.1 Å². The van der Waals surface area contributed by atoms with Crippen LogP contribution in [0.2, 0.25) is 0 Å². The van der Waals surface area contributed by atoms with Gasteiger partial charge < -0.3 is 4.42 Å². The molecule has 0 atom stereocenters.